The van der Waals surface area contributed by atoms with Crippen molar-refractivity contribution in [3.8, 4) is 17.2 Å². The number of ketones is 1. The minimum Gasteiger partial charge on any atom is -0.507 e. The highest BCUT2D eigenvalue weighted by atomic mass is 35.5. The van der Waals surface area contributed by atoms with Gasteiger partial charge in [-0.2, -0.15) is 0 Å². The highest BCUT2D eigenvalue weighted by Crippen LogP contribution is 2.48. The van der Waals surface area contributed by atoms with Crippen LogP contribution in [0, 0.1) is 5.82 Å². The lowest BCUT2D eigenvalue weighted by atomic mass is 9.94. The number of anilines is 1. The van der Waals surface area contributed by atoms with Crippen molar-refractivity contribution < 1.29 is 33.7 Å². The Hall–Kier alpha value is -3.75. The van der Waals surface area contributed by atoms with E-state index in [0.29, 0.717) is 5.56 Å². The predicted molar refractivity (Wildman–Crippen MR) is 129 cm³/mol. The van der Waals surface area contributed by atoms with E-state index in [-0.39, 0.29) is 44.1 Å². The molecule has 0 radical (unpaired) electrons. The van der Waals surface area contributed by atoms with Gasteiger partial charge in [-0.3, -0.25) is 14.5 Å². The van der Waals surface area contributed by atoms with E-state index in [4.69, 9.17) is 32.7 Å². The van der Waals surface area contributed by atoms with Gasteiger partial charge in [0.15, 0.2) is 11.5 Å². The maximum atomic E-state index is 13.7. The molecule has 0 aromatic heterocycles. The van der Waals surface area contributed by atoms with Gasteiger partial charge in [0.05, 0.1) is 42.1 Å². The number of methoxy groups -OCH3 is 2. The number of carbonyl (C=O) groups excluding carboxylic acids is 2. The van der Waals surface area contributed by atoms with Gasteiger partial charge in [0, 0.05) is 0 Å². The van der Waals surface area contributed by atoms with Crippen molar-refractivity contribution in [2.45, 2.75) is 6.04 Å². The maximum absolute atomic E-state index is 13.7. The number of aliphatic hydroxyl groups is 1. The first-order chi connectivity index (χ1) is 16.7. The fourth-order valence-electron chi connectivity index (χ4n) is 4.00. The number of halogens is 3. The van der Waals surface area contributed by atoms with Crippen LogP contribution in [0.25, 0.3) is 5.76 Å². The van der Waals surface area contributed by atoms with Crippen LogP contribution in [0.3, 0.4) is 0 Å². The summed E-state index contributed by atoms with van der Waals surface area (Å²) < 4.78 is 24.2. The van der Waals surface area contributed by atoms with E-state index in [1.54, 1.807) is 12.1 Å². The summed E-state index contributed by atoms with van der Waals surface area (Å²) in [6, 6.07) is 11.0. The molecule has 1 fully saturated rings. The molecule has 180 valence electrons. The Bertz CT molecular complexity index is 1370. The van der Waals surface area contributed by atoms with Gasteiger partial charge >= 0.3 is 0 Å². The number of carbonyl (C=O) groups is 2. The van der Waals surface area contributed by atoms with Crippen molar-refractivity contribution in [2.75, 3.05) is 19.1 Å². The number of Topliss-reactive ketones (excluding diaryl/α,β-unsaturated/α-hetero) is 1. The van der Waals surface area contributed by atoms with Crippen LogP contribution in [0.1, 0.15) is 17.2 Å². The van der Waals surface area contributed by atoms with Crippen molar-refractivity contribution in [1.82, 2.24) is 0 Å². The fraction of sp³-hybridized carbons (Fsp3) is 0.120. The molecule has 1 aliphatic heterocycles. The number of phenols is 1. The summed E-state index contributed by atoms with van der Waals surface area (Å²) in [5.41, 5.74) is -0.0630. The normalized spacial score (nSPS) is 17.1. The molecule has 0 spiro atoms. The molecule has 1 amide bonds. The van der Waals surface area contributed by atoms with Crippen molar-refractivity contribution >= 4 is 46.3 Å². The Kier molecular flexibility index (Phi) is 6.60. The monoisotopic (exact) mass is 517 g/mol. The van der Waals surface area contributed by atoms with Crippen LogP contribution in [0.4, 0.5) is 10.1 Å². The van der Waals surface area contributed by atoms with E-state index in [1.165, 1.54) is 44.6 Å². The Morgan fingerprint density at radius 1 is 1.00 bits per heavy atom. The highest BCUT2D eigenvalue weighted by molar-refractivity contribution is 6.52. The van der Waals surface area contributed by atoms with E-state index < -0.39 is 29.3 Å². The average Bonchev–Trinajstić information content (AvgIpc) is 3.09. The third-order valence-corrected chi connectivity index (χ3v) is 6.19. The van der Waals surface area contributed by atoms with Crippen LogP contribution in [-0.2, 0) is 9.59 Å². The smallest absolute Gasteiger partial charge is 0.300 e. The molecule has 1 atom stereocenters. The van der Waals surface area contributed by atoms with Gasteiger partial charge in [0.2, 0.25) is 0 Å². The molecule has 7 nitrogen and oxygen atoms in total. The first kappa shape index (κ1) is 24.4. The molecule has 0 aliphatic carbocycles. The lowest BCUT2D eigenvalue weighted by molar-refractivity contribution is -0.132. The average molecular weight is 518 g/mol. The Morgan fingerprint density at radius 2 is 1.63 bits per heavy atom. The zero-order valence-corrected chi connectivity index (χ0v) is 19.9. The molecule has 0 bridgehead atoms. The minimum atomic E-state index is -1.21. The van der Waals surface area contributed by atoms with Crippen LogP contribution in [-0.4, -0.2) is 36.1 Å². The number of rotatable bonds is 5. The van der Waals surface area contributed by atoms with Crippen LogP contribution in [0.5, 0.6) is 17.2 Å². The summed E-state index contributed by atoms with van der Waals surface area (Å²) >= 11 is 12.6. The summed E-state index contributed by atoms with van der Waals surface area (Å²) in [5.74, 6) is -3.43. The fourth-order valence-corrected chi connectivity index (χ4v) is 4.69. The van der Waals surface area contributed by atoms with E-state index in [1.807, 2.05) is 0 Å². The number of hydrogen-bond donors (Lipinski definition) is 2. The lowest BCUT2D eigenvalue weighted by Gasteiger charge is -2.26. The molecule has 1 unspecified atom stereocenters. The molecule has 1 saturated heterocycles. The predicted octanol–water partition coefficient (Wildman–Crippen LogP) is 5.48. The topological polar surface area (TPSA) is 96.3 Å². The third kappa shape index (κ3) is 4.05. The summed E-state index contributed by atoms with van der Waals surface area (Å²) in [7, 11) is 2.64. The molecule has 2 N–H and O–H groups in total. The zero-order chi connectivity index (χ0) is 25.4. The largest absolute Gasteiger partial charge is 0.507 e. The summed E-state index contributed by atoms with van der Waals surface area (Å²) in [5, 5.41) is 21.7. The van der Waals surface area contributed by atoms with Crippen molar-refractivity contribution in [3.05, 3.63) is 87.2 Å². The first-order valence-electron chi connectivity index (χ1n) is 10.2. The summed E-state index contributed by atoms with van der Waals surface area (Å²) in [6.07, 6.45) is 0. The maximum Gasteiger partial charge on any atom is 0.300 e. The number of phenolic OH excluding ortho intramolecular Hbond substituents is 1. The van der Waals surface area contributed by atoms with Gasteiger partial charge in [-0.1, -0.05) is 47.5 Å². The second kappa shape index (κ2) is 9.48. The number of ether oxygens (including phenoxy) is 2. The minimum absolute atomic E-state index is 0.0214. The van der Waals surface area contributed by atoms with Crippen molar-refractivity contribution in [1.29, 1.82) is 0 Å². The van der Waals surface area contributed by atoms with Gasteiger partial charge < -0.3 is 19.7 Å². The second-order valence-electron chi connectivity index (χ2n) is 7.50. The summed E-state index contributed by atoms with van der Waals surface area (Å²) in [6.45, 7) is 0. The molecule has 1 aliphatic rings. The number of benzene rings is 3. The number of para-hydroxylation sites is 2. The van der Waals surface area contributed by atoms with Gasteiger partial charge in [0.1, 0.15) is 22.3 Å². The second-order valence-corrected chi connectivity index (χ2v) is 8.28. The molecular formula is C25H18Cl2FNO6. The molecule has 3 aromatic carbocycles. The van der Waals surface area contributed by atoms with E-state index in [9.17, 15) is 24.2 Å². The van der Waals surface area contributed by atoms with Gasteiger partial charge in [-0.25, -0.2) is 4.39 Å². The molecule has 3 aromatic rings. The van der Waals surface area contributed by atoms with Crippen LogP contribution in [0.2, 0.25) is 10.0 Å². The lowest BCUT2D eigenvalue weighted by Crippen LogP contribution is -2.29. The summed E-state index contributed by atoms with van der Waals surface area (Å²) in [4.78, 5) is 27.5. The molecule has 10 heteroatoms. The van der Waals surface area contributed by atoms with E-state index in [0.717, 1.165) is 17.0 Å². The Labute approximate surface area is 209 Å². The van der Waals surface area contributed by atoms with Gasteiger partial charge in [-0.05, 0) is 35.9 Å². The third-order valence-electron chi connectivity index (χ3n) is 5.57. The number of aliphatic hydroxyl groups excluding tert-OH is 1. The van der Waals surface area contributed by atoms with Crippen LogP contribution < -0.4 is 14.4 Å². The molecular weight excluding hydrogens is 500 g/mol. The molecule has 4 rings (SSSR count). The molecule has 1 heterocycles. The van der Waals surface area contributed by atoms with Gasteiger partial charge in [0.25, 0.3) is 11.7 Å². The van der Waals surface area contributed by atoms with Crippen molar-refractivity contribution in [3.63, 3.8) is 0 Å². The molecule has 0 saturated carbocycles. The Morgan fingerprint density at radius 3 is 2.23 bits per heavy atom. The zero-order valence-electron chi connectivity index (χ0n) is 18.4. The van der Waals surface area contributed by atoms with Gasteiger partial charge in [-0.15, -0.1) is 0 Å². The van der Waals surface area contributed by atoms with E-state index in [2.05, 4.69) is 0 Å². The number of amides is 1. The first-order valence-corrected chi connectivity index (χ1v) is 10.9. The highest BCUT2D eigenvalue weighted by Gasteiger charge is 2.48. The number of hydrogen-bond acceptors (Lipinski definition) is 6. The van der Waals surface area contributed by atoms with Crippen LogP contribution >= 0.6 is 23.2 Å². The SMILES string of the molecule is COc1c(Cl)cc(/C(O)=C2\C(=O)C(=O)N(c3ccccc3O)C2c2ccc(F)cc2)c(OC)c1Cl. The quantitative estimate of drug-likeness (QED) is 0.264. The van der Waals surface area contributed by atoms with Crippen molar-refractivity contribution in [2.24, 2.45) is 0 Å². The van der Waals surface area contributed by atoms with E-state index >= 15 is 0 Å². The Balaban J connectivity index is 2.03. The molecule has 35 heavy (non-hydrogen) atoms. The number of nitrogens with zero attached hydrogens (tertiary/aromatic N) is 1. The standard InChI is InChI=1S/C25H18Cl2FNO6/c1-34-23-14(11-15(26)24(35-2)19(23)27)21(31)18-20(12-7-9-13(28)10-8-12)29(25(33)22(18)32)16-5-3-4-6-17(16)30/h3-11,20,30-31H,1-2H3/b21-18+. The number of aromatic hydroxyl groups is 1. The van der Waals surface area contributed by atoms with Crippen LogP contribution in [0.15, 0.2) is 60.2 Å².